The molecular weight excluding hydrogens is 416 g/mol. The molecule has 2 atom stereocenters. The van der Waals surface area contributed by atoms with Gasteiger partial charge in [-0.3, -0.25) is 9.79 Å². The van der Waals surface area contributed by atoms with Crippen molar-refractivity contribution in [2.75, 3.05) is 25.1 Å². The third kappa shape index (κ3) is 4.20. The van der Waals surface area contributed by atoms with Crippen molar-refractivity contribution in [3.8, 4) is 0 Å². The number of fused-ring (bicyclic) bond motifs is 1. The van der Waals surface area contributed by atoms with Gasteiger partial charge in [-0.1, -0.05) is 24.3 Å². The van der Waals surface area contributed by atoms with E-state index in [9.17, 15) is 14.7 Å². The van der Waals surface area contributed by atoms with E-state index in [1.54, 1.807) is 19.2 Å². The van der Waals surface area contributed by atoms with Crippen LogP contribution in [0.15, 0.2) is 34.5 Å². The number of ether oxygens (including phenoxy) is 1. The summed E-state index contributed by atoms with van der Waals surface area (Å²) in [7, 11) is 1.64. The molecule has 0 unspecified atom stereocenters. The first kappa shape index (κ1) is 21.5. The Kier molecular flexibility index (Phi) is 6.06. The van der Waals surface area contributed by atoms with Crippen LogP contribution in [0.5, 0.6) is 0 Å². The van der Waals surface area contributed by atoms with Gasteiger partial charge in [0.2, 0.25) is 0 Å². The van der Waals surface area contributed by atoms with E-state index in [1.807, 2.05) is 13.0 Å². The number of carboxylic acids is 1. The summed E-state index contributed by atoms with van der Waals surface area (Å²) in [6, 6.07) is 5.01. The maximum atomic E-state index is 12.7. The first-order chi connectivity index (χ1) is 14.9. The van der Waals surface area contributed by atoms with Gasteiger partial charge in [0, 0.05) is 32.3 Å². The van der Waals surface area contributed by atoms with Crippen molar-refractivity contribution in [2.45, 2.75) is 45.3 Å². The molecule has 0 radical (unpaired) electrons. The van der Waals surface area contributed by atoms with Gasteiger partial charge in [0.1, 0.15) is 5.71 Å². The molecule has 164 valence electrons. The van der Waals surface area contributed by atoms with Gasteiger partial charge in [0.05, 0.1) is 27.9 Å². The van der Waals surface area contributed by atoms with E-state index in [0.29, 0.717) is 41.9 Å². The van der Waals surface area contributed by atoms with E-state index in [2.05, 4.69) is 27.1 Å². The number of amides is 1. The van der Waals surface area contributed by atoms with Gasteiger partial charge in [-0.15, -0.1) is 0 Å². The van der Waals surface area contributed by atoms with E-state index < -0.39 is 5.97 Å². The molecule has 1 aromatic heterocycles. The molecule has 2 aromatic rings. The number of carbonyl (C=O) groups is 2. The maximum Gasteiger partial charge on any atom is 0.337 e. The van der Waals surface area contributed by atoms with Gasteiger partial charge in [-0.05, 0) is 37.5 Å². The van der Waals surface area contributed by atoms with Crippen LogP contribution in [0.2, 0.25) is 0 Å². The highest BCUT2D eigenvalue weighted by Gasteiger charge is 2.33. The lowest BCUT2D eigenvalue weighted by Crippen LogP contribution is -2.55. The van der Waals surface area contributed by atoms with Crippen molar-refractivity contribution < 1.29 is 19.4 Å². The lowest BCUT2D eigenvalue weighted by Gasteiger charge is -2.37. The number of aliphatic imine (C=N–C) groups is 1. The molecule has 1 aromatic carbocycles. The number of carbonyl (C=O) groups excluding carboxylic acids is 1. The van der Waals surface area contributed by atoms with E-state index >= 15 is 0 Å². The highest BCUT2D eigenvalue weighted by Crippen LogP contribution is 2.33. The van der Waals surface area contributed by atoms with Crippen molar-refractivity contribution in [1.82, 2.24) is 10.3 Å². The zero-order valence-corrected chi connectivity index (χ0v) is 18.7. The molecule has 0 spiro atoms. The van der Waals surface area contributed by atoms with Gasteiger partial charge in [-0.25, -0.2) is 9.78 Å². The molecule has 3 heterocycles. The summed E-state index contributed by atoms with van der Waals surface area (Å²) < 4.78 is 6.36. The molecule has 8 nitrogen and oxygen atoms in total. The van der Waals surface area contributed by atoms with Gasteiger partial charge >= 0.3 is 5.97 Å². The van der Waals surface area contributed by atoms with Crippen LogP contribution in [0.25, 0.3) is 10.2 Å². The number of carboxylic acid groups (broad SMARTS) is 1. The second-order valence-electron chi connectivity index (χ2n) is 7.82. The highest BCUT2D eigenvalue weighted by molar-refractivity contribution is 7.22. The first-order valence-electron chi connectivity index (χ1n) is 10.4. The Morgan fingerprint density at radius 2 is 2.19 bits per heavy atom. The second kappa shape index (κ2) is 8.76. The van der Waals surface area contributed by atoms with Crippen molar-refractivity contribution in [3.63, 3.8) is 0 Å². The van der Waals surface area contributed by atoms with E-state index in [0.717, 1.165) is 17.2 Å². The molecule has 2 aliphatic rings. The zero-order chi connectivity index (χ0) is 22.1. The fraction of sp³-hybridized carbons (Fsp3) is 0.455. The van der Waals surface area contributed by atoms with E-state index in [1.165, 1.54) is 16.9 Å². The summed E-state index contributed by atoms with van der Waals surface area (Å²) >= 11 is 1.38. The number of benzene rings is 1. The number of hydrogen-bond acceptors (Lipinski definition) is 7. The molecule has 9 heteroatoms. The summed E-state index contributed by atoms with van der Waals surface area (Å²) in [5.74, 6) is -1.09. The van der Waals surface area contributed by atoms with Crippen LogP contribution < -0.4 is 10.2 Å². The predicted molar refractivity (Wildman–Crippen MR) is 121 cm³/mol. The van der Waals surface area contributed by atoms with Crippen LogP contribution in [0.3, 0.4) is 0 Å². The number of nitrogens with zero attached hydrogens (tertiary/aromatic N) is 3. The third-order valence-corrected chi connectivity index (χ3v) is 7.13. The van der Waals surface area contributed by atoms with Crippen molar-refractivity contribution in [1.29, 1.82) is 0 Å². The number of rotatable bonds is 6. The largest absolute Gasteiger partial charge is 0.478 e. The van der Waals surface area contributed by atoms with Gasteiger partial charge in [-0.2, -0.15) is 0 Å². The Bertz CT molecular complexity index is 1090. The van der Waals surface area contributed by atoms with Crippen LogP contribution in [0.4, 0.5) is 5.13 Å². The zero-order valence-electron chi connectivity index (χ0n) is 17.8. The molecule has 1 saturated heterocycles. The van der Waals surface area contributed by atoms with Crippen LogP contribution in [-0.4, -0.2) is 60.0 Å². The first-order valence-corrected chi connectivity index (χ1v) is 11.2. The molecule has 2 aliphatic heterocycles. The molecule has 31 heavy (non-hydrogen) atoms. The van der Waals surface area contributed by atoms with Gasteiger partial charge < -0.3 is 20.1 Å². The van der Waals surface area contributed by atoms with Gasteiger partial charge in [0.25, 0.3) is 5.91 Å². The molecule has 1 fully saturated rings. The van der Waals surface area contributed by atoms with Crippen LogP contribution >= 0.6 is 11.3 Å². The van der Waals surface area contributed by atoms with Crippen LogP contribution in [0, 0.1) is 0 Å². The minimum Gasteiger partial charge on any atom is -0.478 e. The number of anilines is 1. The summed E-state index contributed by atoms with van der Waals surface area (Å²) in [4.78, 5) is 35.4. The number of thiazole rings is 1. The molecule has 4 rings (SSSR count). The van der Waals surface area contributed by atoms with Crippen molar-refractivity contribution in [3.05, 3.63) is 35.0 Å². The summed E-state index contributed by atoms with van der Waals surface area (Å²) in [6.07, 6.45) is 2.01. The number of nitrogens with one attached hydrogen (secondary N) is 1. The number of aromatic nitrogens is 1. The average Bonchev–Trinajstić information content (AvgIpc) is 3.36. The monoisotopic (exact) mass is 442 g/mol. The van der Waals surface area contributed by atoms with Crippen LogP contribution in [0.1, 0.15) is 43.5 Å². The van der Waals surface area contributed by atoms with Crippen molar-refractivity contribution >= 4 is 44.3 Å². The smallest absolute Gasteiger partial charge is 0.337 e. The average molecular weight is 443 g/mol. The van der Waals surface area contributed by atoms with E-state index in [-0.39, 0.29) is 23.6 Å². The Balaban J connectivity index is 1.45. The number of allylic oxidation sites excluding steroid dienone is 2. The molecule has 1 amide bonds. The lowest BCUT2D eigenvalue weighted by molar-refractivity contribution is -0.116. The SMILES string of the molecule is CCC1=C(C)N=C(C(=O)N[C@@H]2CCN(c3nc4cccc(C(=O)O)c4s3)C[C@@H]2OC)C1. The van der Waals surface area contributed by atoms with Crippen LogP contribution in [-0.2, 0) is 9.53 Å². The van der Waals surface area contributed by atoms with Crippen molar-refractivity contribution in [2.24, 2.45) is 4.99 Å². The lowest BCUT2D eigenvalue weighted by atomic mass is 10.0. The minimum absolute atomic E-state index is 0.119. The Hall–Kier alpha value is -2.78. The summed E-state index contributed by atoms with van der Waals surface area (Å²) in [6.45, 7) is 5.28. The minimum atomic E-state index is -0.956. The molecule has 2 N–H and O–H groups in total. The normalized spacial score (nSPS) is 21.5. The van der Waals surface area contributed by atoms with E-state index in [4.69, 9.17) is 4.74 Å². The standard InChI is InChI=1S/C22H26N4O4S/c1-4-13-10-17(23-12(13)2)20(27)24-15-8-9-26(11-18(15)30-3)22-25-16-7-5-6-14(21(28)29)19(16)31-22/h5-7,15,18H,4,8-11H2,1-3H3,(H,24,27)(H,28,29)/t15-,18+/m1/s1. The molecule has 0 aliphatic carbocycles. The Morgan fingerprint density at radius 3 is 2.87 bits per heavy atom. The number of aromatic carboxylic acids is 1. The number of methoxy groups -OCH3 is 1. The molecular formula is C22H26N4O4S. The quantitative estimate of drug-likeness (QED) is 0.712. The predicted octanol–water partition coefficient (Wildman–Crippen LogP) is 3.23. The number of piperidine rings is 1. The Labute approximate surface area is 184 Å². The summed E-state index contributed by atoms with van der Waals surface area (Å²) in [5.41, 5.74) is 3.67. The molecule has 0 bridgehead atoms. The topological polar surface area (TPSA) is 104 Å². The fourth-order valence-electron chi connectivity index (χ4n) is 4.15. The molecule has 0 saturated carbocycles. The maximum absolute atomic E-state index is 12.7. The van der Waals surface area contributed by atoms with Gasteiger partial charge in [0.15, 0.2) is 5.13 Å². The second-order valence-corrected chi connectivity index (χ2v) is 8.80. The Morgan fingerprint density at radius 1 is 1.39 bits per heavy atom. The number of hydrogen-bond donors (Lipinski definition) is 2. The highest BCUT2D eigenvalue weighted by atomic mass is 32.1. The third-order valence-electron chi connectivity index (χ3n) is 5.97. The fourth-order valence-corrected chi connectivity index (χ4v) is 5.25. The summed E-state index contributed by atoms with van der Waals surface area (Å²) in [5, 5.41) is 13.3.